The summed E-state index contributed by atoms with van der Waals surface area (Å²) in [7, 11) is -4.94. The van der Waals surface area contributed by atoms with Crippen LogP contribution in [0.3, 0.4) is 0 Å². The highest BCUT2D eigenvalue weighted by molar-refractivity contribution is 5.91. The number of hydrogen-bond donors (Lipinski definition) is 0. The third kappa shape index (κ3) is 7.13. The summed E-state index contributed by atoms with van der Waals surface area (Å²) < 4.78 is 36.5. The van der Waals surface area contributed by atoms with Crippen LogP contribution in [0.15, 0.2) is 97.1 Å². The molecule has 0 N–H and O–H groups in total. The second-order valence-electron chi connectivity index (χ2n) is 10.1. The van der Waals surface area contributed by atoms with E-state index in [2.05, 4.69) is 129 Å². The van der Waals surface area contributed by atoms with E-state index in [0.29, 0.717) is 0 Å². The zero-order valence-electron chi connectivity index (χ0n) is 23.3. The third-order valence-corrected chi connectivity index (χ3v) is 7.01. The lowest BCUT2D eigenvalue weighted by atomic mass is 9.94. The average molecular weight is 556 g/mol. The van der Waals surface area contributed by atoms with E-state index in [4.69, 9.17) is 18.6 Å². The van der Waals surface area contributed by atoms with Gasteiger partial charge >= 0.3 is 0 Å². The van der Waals surface area contributed by atoms with Gasteiger partial charge in [0.05, 0.1) is 0 Å². The molecule has 40 heavy (non-hydrogen) atoms. The number of benzene rings is 2. The molecule has 0 unspecified atom stereocenters. The van der Waals surface area contributed by atoms with Crippen molar-refractivity contribution in [2.75, 3.05) is 0 Å². The molecule has 0 saturated carbocycles. The van der Waals surface area contributed by atoms with E-state index in [1.807, 2.05) is 0 Å². The Morgan fingerprint density at radius 3 is 1.57 bits per heavy atom. The van der Waals surface area contributed by atoms with Crippen LogP contribution >= 0.6 is 0 Å². The van der Waals surface area contributed by atoms with Crippen molar-refractivity contribution in [2.45, 2.75) is 47.1 Å². The Labute approximate surface area is 238 Å². The highest BCUT2D eigenvalue weighted by Crippen LogP contribution is 2.41. The number of rotatable bonds is 6. The fourth-order valence-corrected chi connectivity index (χ4v) is 5.38. The number of fused-ring (bicyclic) bond motifs is 1. The summed E-state index contributed by atoms with van der Waals surface area (Å²) >= 11 is 0. The summed E-state index contributed by atoms with van der Waals surface area (Å²) in [6.07, 6.45) is 2.31. The van der Waals surface area contributed by atoms with Crippen LogP contribution in [0.4, 0.5) is 0 Å². The summed E-state index contributed by atoms with van der Waals surface area (Å²) in [5.74, 6) is 0. The minimum Gasteiger partial charge on any atom is -0.222 e. The van der Waals surface area contributed by atoms with Gasteiger partial charge in [-0.1, -0.05) is 79.6 Å². The van der Waals surface area contributed by atoms with Crippen LogP contribution in [0.1, 0.15) is 36.5 Å². The van der Waals surface area contributed by atoms with Gasteiger partial charge in [0, 0.05) is 29.7 Å². The molecule has 3 aromatic rings. The number of aryl methyl sites for hydroxylation is 3. The van der Waals surface area contributed by atoms with E-state index in [9.17, 15) is 0 Å². The first kappa shape index (κ1) is 29.4. The molecule has 0 fully saturated rings. The van der Waals surface area contributed by atoms with Crippen LogP contribution in [0.25, 0.3) is 44.8 Å². The Balaban J connectivity index is 0.000000681. The molecule has 0 aliphatic heterocycles. The predicted octanol–water partition coefficient (Wildman–Crippen LogP) is 4.05. The van der Waals surface area contributed by atoms with E-state index >= 15 is 0 Å². The van der Waals surface area contributed by atoms with Gasteiger partial charge in [-0.25, -0.2) is 18.6 Å². The monoisotopic (exact) mass is 555 g/mol. The molecule has 2 aliphatic carbocycles. The quantitative estimate of drug-likeness (QED) is 0.295. The van der Waals surface area contributed by atoms with Crippen molar-refractivity contribution in [3.8, 4) is 44.8 Å². The Morgan fingerprint density at radius 1 is 0.600 bits per heavy atom. The molecule has 206 valence electrons. The van der Waals surface area contributed by atoms with Crippen LogP contribution in [-0.4, -0.2) is 0 Å². The summed E-state index contributed by atoms with van der Waals surface area (Å²) in [6.45, 7) is 9.94. The molecule has 5 rings (SSSR count). The maximum Gasteiger partial charge on any atom is 0.213 e. The van der Waals surface area contributed by atoms with E-state index in [1.165, 1.54) is 67.9 Å². The number of halogens is 1. The van der Waals surface area contributed by atoms with Crippen molar-refractivity contribution in [1.29, 1.82) is 0 Å². The van der Waals surface area contributed by atoms with E-state index in [1.54, 1.807) is 0 Å². The van der Waals surface area contributed by atoms with Crippen LogP contribution in [-0.2, 0) is 6.54 Å². The molecule has 0 saturated heterocycles. The highest BCUT2D eigenvalue weighted by Gasteiger charge is 2.24. The SMILES string of the molecule is CCCC[n+]1c(-c2ccccc2)cc(-c2ccc3c(C)cc(C)cc(C)c2-3)cc1-c1ccccc1.[O-][Cl+3]([O-])([O-])[O-]. The normalized spacial score (nSPS) is 11.3. The van der Waals surface area contributed by atoms with Crippen molar-refractivity contribution in [3.63, 3.8) is 0 Å². The lowest BCUT2D eigenvalue weighted by molar-refractivity contribution is -2.00. The Kier molecular flexibility index (Phi) is 9.36. The number of aromatic nitrogens is 1. The molecule has 5 nitrogen and oxygen atoms in total. The van der Waals surface area contributed by atoms with Crippen LogP contribution in [0.2, 0.25) is 0 Å². The van der Waals surface area contributed by atoms with Gasteiger partial charge in [-0.15, -0.1) is 10.2 Å². The van der Waals surface area contributed by atoms with Crippen molar-refractivity contribution >= 4 is 0 Å². The first-order valence-corrected chi connectivity index (χ1v) is 14.6. The Hall–Kier alpha value is -3.58. The minimum atomic E-state index is -4.94. The second kappa shape index (κ2) is 12.7. The van der Waals surface area contributed by atoms with Gasteiger partial charge in [-0.05, 0) is 78.4 Å². The zero-order valence-corrected chi connectivity index (χ0v) is 24.1. The van der Waals surface area contributed by atoms with Gasteiger partial charge in [0.2, 0.25) is 11.4 Å². The molecule has 0 amide bonds. The first-order chi connectivity index (χ1) is 19.1. The van der Waals surface area contributed by atoms with Gasteiger partial charge in [-0.2, -0.15) is 4.57 Å². The molecule has 2 aromatic carbocycles. The van der Waals surface area contributed by atoms with Gasteiger partial charge < -0.3 is 0 Å². The van der Waals surface area contributed by atoms with E-state index < -0.39 is 10.2 Å². The smallest absolute Gasteiger partial charge is 0.213 e. The van der Waals surface area contributed by atoms with Crippen LogP contribution in [0, 0.1) is 31.0 Å². The van der Waals surface area contributed by atoms with Crippen molar-refractivity contribution in [3.05, 3.63) is 114 Å². The highest BCUT2D eigenvalue weighted by atomic mass is 35.7. The molecule has 1 aromatic heterocycles. The molecule has 0 spiro atoms. The topological polar surface area (TPSA) is 96.1 Å². The number of unbranched alkanes of at least 4 members (excludes halogenated alkanes) is 1. The van der Waals surface area contributed by atoms with Crippen LogP contribution < -0.4 is 23.2 Å². The standard InChI is InChI=1S/C34H34N.ClHO4/c1-5-6-19-35-32(27-13-9-7-10-14-27)22-29(23-33(35)28-15-11-8-12-16-28)31-18-17-30-25(3)20-24(2)21-26(4)34(30)31;2-1(3,4)5/h7-18,20-23H,5-6,19H2,1-4H3;(H,2,3,4,5)/q+1;/p-1. The molecule has 0 bridgehead atoms. The fraction of sp³-hybridized carbons (Fsp3) is 0.206. The zero-order chi connectivity index (χ0) is 28.9. The largest absolute Gasteiger partial charge is 0.222 e. The average Bonchev–Trinajstić information content (AvgIpc) is 3.33. The molecule has 0 atom stereocenters. The van der Waals surface area contributed by atoms with Crippen molar-refractivity contribution in [1.82, 2.24) is 0 Å². The fourth-order valence-electron chi connectivity index (χ4n) is 5.38. The number of hydrogen-bond acceptors (Lipinski definition) is 4. The summed E-state index contributed by atoms with van der Waals surface area (Å²) in [5, 5.41) is 0. The summed E-state index contributed by atoms with van der Waals surface area (Å²) in [5.41, 5.74) is 14.3. The van der Waals surface area contributed by atoms with Crippen LogP contribution in [0.5, 0.6) is 0 Å². The maximum absolute atomic E-state index is 8.49. The Morgan fingerprint density at radius 2 is 1.07 bits per heavy atom. The van der Waals surface area contributed by atoms with Gasteiger partial charge in [0.15, 0.2) is 0 Å². The molecule has 1 heterocycles. The second-order valence-corrected chi connectivity index (χ2v) is 10.8. The van der Waals surface area contributed by atoms with Crippen molar-refractivity contribution < 1.29 is 33.4 Å². The lowest BCUT2D eigenvalue weighted by Gasteiger charge is -2.17. The summed E-state index contributed by atoms with van der Waals surface area (Å²) in [6, 6.07) is 35.7. The number of pyridine rings is 1. The van der Waals surface area contributed by atoms with Gasteiger partial charge in [-0.3, -0.25) is 0 Å². The molecule has 0 radical (unpaired) electrons. The molecular weight excluding hydrogens is 522 g/mol. The van der Waals surface area contributed by atoms with Gasteiger partial charge in [0.1, 0.15) is 6.54 Å². The van der Waals surface area contributed by atoms with E-state index in [0.717, 1.165) is 13.0 Å². The summed E-state index contributed by atoms with van der Waals surface area (Å²) in [4.78, 5) is 0. The maximum atomic E-state index is 8.49. The van der Waals surface area contributed by atoms with Crippen molar-refractivity contribution in [2.24, 2.45) is 0 Å². The molecular formula is C34H34ClNO4. The molecule has 6 heteroatoms. The Bertz CT molecular complexity index is 1480. The number of nitrogens with zero attached hydrogens (tertiary/aromatic N) is 1. The predicted molar refractivity (Wildman–Crippen MR) is 149 cm³/mol. The lowest BCUT2D eigenvalue weighted by Crippen LogP contribution is -2.68. The third-order valence-electron chi connectivity index (χ3n) is 7.01. The van der Waals surface area contributed by atoms with E-state index in [-0.39, 0.29) is 0 Å². The van der Waals surface area contributed by atoms with Gasteiger partial charge in [0.25, 0.3) is 0 Å². The first-order valence-electron chi connectivity index (χ1n) is 13.4. The minimum absolute atomic E-state index is 0.999. The molecule has 2 aliphatic rings.